The maximum Gasteiger partial charge on any atom is 0.306 e. The van der Waals surface area contributed by atoms with Crippen LogP contribution in [0.4, 0.5) is 0 Å². The molecule has 4 saturated carbocycles. The van der Waals surface area contributed by atoms with Crippen LogP contribution >= 0.6 is 0 Å². The van der Waals surface area contributed by atoms with Gasteiger partial charge >= 0.3 is 17.9 Å². The van der Waals surface area contributed by atoms with Crippen molar-refractivity contribution in [2.24, 2.45) is 46.3 Å². The Labute approximate surface area is 209 Å². The molecule has 4 aliphatic rings. The molecule has 0 amide bonds. The van der Waals surface area contributed by atoms with Gasteiger partial charge < -0.3 is 20.1 Å². The van der Waals surface area contributed by atoms with Gasteiger partial charge in [-0.1, -0.05) is 20.8 Å². The first-order chi connectivity index (χ1) is 16.5. The topological polar surface area (TPSA) is 121 Å². The first-order valence-electron chi connectivity index (χ1n) is 13.8. The first-order valence-corrected chi connectivity index (χ1v) is 13.8. The van der Waals surface area contributed by atoms with Gasteiger partial charge in [-0.3, -0.25) is 14.4 Å². The SMILES string of the molecule is CC(CCC(=O)O)C1CCC2C3CCC4CC(OC(=O)CCC(=O)O)CCC4(C)C3CC(O)C12C. The molecule has 0 heterocycles. The molecular weight excluding hydrogens is 448 g/mol. The van der Waals surface area contributed by atoms with Crippen LogP contribution < -0.4 is 0 Å². The molecule has 3 N–H and O–H groups in total. The van der Waals surface area contributed by atoms with E-state index < -0.39 is 17.9 Å². The molecule has 0 aromatic carbocycles. The van der Waals surface area contributed by atoms with Gasteiger partial charge in [0.15, 0.2) is 0 Å². The lowest BCUT2D eigenvalue weighted by Gasteiger charge is -2.62. The van der Waals surface area contributed by atoms with E-state index in [4.69, 9.17) is 14.9 Å². The standard InChI is InChI=1S/C28H44O7/c1-16(4-9-24(30)31)20-7-8-21-19-6-5-17-14-18(35-26(34)11-10-25(32)33)12-13-27(17,2)22(19)15-23(29)28(20,21)3/h16-23,29H,4-15H2,1-3H3,(H,30,31)(H,32,33). The van der Waals surface area contributed by atoms with Crippen LogP contribution in [0.5, 0.6) is 0 Å². The summed E-state index contributed by atoms with van der Waals surface area (Å²) in [5, 5.41) is 29.6. The van der Waals surface area contributed by atoms with Crippen molar-refractivity contribution >= 4 is 17.9 Å². The largest absolute Gasteiger partial charge is 0.481 e. The molecule has 7 nitrogen and oxygen atoms in total. The van der Waals surface area contributed by atoms with Crippen molar-refractivity contribution < 1.29 is 34.4 Å². The molecule has 0 bridgehead atoms. The Balaban J connectivity index is 1.43. The third-order valence-electron chi connectivity index (χ3n) is 11.1. The number of esters is 1. The highest BCUT2D eigenvalue weighted by atomic mass is 16.5. The number of aliphatic hydroxyl groups is 1. The Morgan fingerprint density at radius 3 is 2.31 bits per heavy atom. The van der Waals surface area contributed by atoms with E-state index in [2.05, 4.69) is 20.8 Å². The predicted octanol–water partition coefficient (Wildman–Crippen LogP) is 4.89. The lowest BCUT2D eigenvalue weighted by atomic mass is 9.43. The van der Waals surface area contributed by atoms with Gasteiger partial charge in [0.1, 0.15) is 6.10 Å². The molecule has 4 rings (SSSR count). The molecule has 0 aromatic heterocycles. The fourth-order valence-corrected chi connectivity index (χ4v) is 9.26. The molecule has 0 radical (unpaired) electrons. The number of carbonyl (C=O) groups excluding carboxylic acids is 1. The van der Waals surface area contributed by atoms with Crippen molar-refractivity contribution in [3.63, 3.8) is 0 Å². The lowest BCUT2D eigenvalue weighted by molar-refractivity contribution is -0.182. The van der Waals surface area contributed by atoms with E-state index in [1.165, 1.54) is 0 Å². The van der Waals surface area contributed by atoms with Crippen LogP contribution in [0, 0.1) is 46.3 Å². The average molecular weight is 493 g/mol. The third-order valence-corrected chi connectivity index (χ3v) is 11.1. The second-order valence-electron chi connectivity index (χ2n) is 12.6. The van der Waals surface area contributed by atoms with Crippen LogP contribution in [0.3, 0.4) is 0 Å². The minimum Gasteiger partial charge on any atom is -0.481 e. The average Bonchev–Trinajstić information content (AvgIpc) is 3.16. The van der Waals surface area contributed by atoms with Gasteiger partial charge in [-0.25, -0.2) is 0 Å². The Morgan fingerprint density at radius 1 is 0.914 bits per heavy atom. The lowest BCUT2D eigenvalue weighted by Crippen LogP contribution is -2.59. The number of rotatable bonds is 8. The van der Waals surface area contributed by atoms with Gasteiger partial charge in [-0.2, -0.15) is 0 Å². The molecule has 10 unspecified atom stereocenters. The predicted molar refractivity (Wildman–Crippen MR) is 129 cm³/mol. The number of carboxylic acids is 2. The fourth-order valence-electron chi connectivity index (χ4n) is 9.26. The van der Waals surface area contributed by atoms with Crippen LogP contribution in [-0.2, 0) is 19.1 Å². The Hall–Kier alpha value is -1.63. The highest BCUT2D eigenvalue weighted by Gasteiger charge is 2.63. The Morgan fingerprint density at radius 2 is 1.63 bits per heavy atom. The summed E-state index contributed by atoms with van der Waals surface area (Å²) in [7, 11) is 0. The minimum atomic E-state index is -0.982. The van der Waals surface area contributed by atoms with Gasteiger partial charge in [-0.15, -0.1) is 0 Å². The summed E-state index contributed by atoms with van der Waals surface area (Å²) in [6.07, 6.45) is 8.02. The molecule has 0 aliphatic heterocycles. The van der Waals surface area contributed by atoms with Gasteiger partial charge in [-0.05, 0) is 104 Å². The van der Waals surface area contributed by atoms with E-state index in [1.54, 1.807) is 0 Å². The van der Waals surface area contributed by atoms with Crippen molar-refractivity contribution in [2.45, 2.75) is 110 Å². The number of hydrogen-bond donors (Lipinski definition) is 3. The van der Waals surface area contributed by atoms with Gasteiger partial charge in [0.05, 0.1) is 18.9 Å². The number of fused-ring (bicyclic) bond motifs is 5. The Bertz CT molecular complexity index is 826. The van der Waals surface area contributed by atoms with E-state index in [0.29, 0.717) is 41.9 Å². The second kappa shape index (κ2) is 10.0. The van der Waals surface area contributed by atoms with E-state index in [0.717, 1.165) is 51.4 Å². The summed E-state index contributed by atoms with van der Waals surface area (Å²) in [5.74, 6) is 0.533. The molecule has 10 atom stereocenters. The van der Waals surface area contributed by atoms with Crippen LogP contribution in [0.1, 0.15) is 97.8 Å². The van der Waals surface area contributed by atoms with Crippen LogP contribution in [-0.4, -0.2) is 45.4 Å². The second-order valence-corrected chi connectivity index (χ2v) is 12.6. The summed E-state index contributed by atoms with van der Waals surface area (Å²) < 4.78 is 5.67. The van der Waals surface area contributed by atoms with Gasteiger partial charge in [0.2, 0.25) is 0 Å². The molecule has 7 heteroatoms. The van der Waals surface area contributed by atoms with Crippen molar-refractivity contribution in [3.05, 3.63) is 0 Å². The maximum absolute atomic E-state index is 12.1. The fraction of sp³-hybridized carbons (Fsp3) is 0.893. The van der Waals surface area contributed by atoms with E-state index >= 15 is 0 Å². The molecular formula is C28H44O7. The smallest absolute Gasteiger partial charge is 0.306 e. The molecule has 4 fully saturated rings. The summed E-state index contributed by atoms with van der Waals surface area (Å²) in [4.78, 5) is 34.0. The molecule has 0 spiro atoms. The zero-order valence-corrected chi connectivity index (χ0v) is 21.6. The molecule has 4 aliphatic carbocycles. The van der Waals surface area contributed by atoms with E-state index in [1.807, 2.05) is 0 Å². The van der Waals surface area contributed by atoms with Crippen LogP contribution in [0.25, 0.3) is 0 Å². The highest BCUT2D eigenvalue weighted by molar-refractivity contribution is 5.76. The summed E-state index contributed by atoms with van der Waals surface area (Å²) >= 11 is 0. The summed E-state index contributed by atoms with van der Waals surface area (Å²) in [5.41, 5.74) is -0.0125. The molecule has 35 heavy (non-hydrogen) atoms. The van der Waals surface area contributed by atoms with Gasteiger partial charge in [0.25, 0.3) is 0 Å². The van der Waals surface area contributed by atoms with Crippen LogP contribution in [0.15, 0.2) is 0 Å². The quantitative estimate of drug-likeness (QED) is 0.412. The van der Waals surface area contributed by atoms with Crippen molar-refractivity contribution in [2.75, 3.05) is 0 Å². The normalized spacial score (nSPS) is 43.4. The zero-order valence-electron chi connectivity index (χ0n) is 21.6. The number of carboxylic acid groups (broad SMARTS) is 2. The summed E-state index contributed by atoms with van der Waals surface area (Å²) in [6, 6.07) is 0. The van der Waals surface area contributed by atoms with Crippen molar-refractivity contribution in [1.29, 1.82) is 0 Å². The number of carbonyl (C=O) groups is 3. The maximum atomic E-state index is 12.1. The van der Waals surface area contributed by atoms with Crippen molar-refractivity contribution in [1.82, 2.24) is 0 Å². The van der Waals surface area contributed by atoms with Gasteiger partial charge in [0, 0.05) is 6.42 Å². The van der Waals surface area contributed by atoms with Crippen molar-refractivity contribution in [3.8, 4) is 0 Å². The monoisotopic (exact) mass is 492 g/mol. The molecule has 198 valence electrons. The number of hydrogen-bond acceptors (Lipinski definition) is 5. The number of aliphatic hydroxyl groups excluding tert-OH is 1. The minimum absolute atomic E-state index is 0.0724. The third kappa shape index (κ3) is 4.86. The Kier molecular flexibility index (Phi) is 7.57. The zero-order chi connectivity index (χ0) is 25.5. The number of aliphatic carboxylic acids is 2. The van der Waals surface area contributed by atoms with E-state index in [9.17, 15) is 19.5 Å². The highest BCUT2D eigenvalue weighted by Crippen LogP contribution is 2.68. The summed E-state index contributed by atoms with van der Waals surface area (Å²) in [6.45, 7) is 6.86. The molecule has 0 saturated heterocycles. The molecule has 0 aromatic rings. The first kappa shape index (κ1) is 26.4. The number of ether oxygens (including phenoxy) is 1. The van der Waals surface area contributed by atoms with Crippen LogP contribution in [0.2, 0.25) is 0 Å². The van der Waals surface area contributed by atoms with E-state index in [-0.39, 0.29) is 42.3 Å².